The van der Waals surface area contributed by atoms with E-state index in [2.05, 4.69) is 4.98 Å². The summed E-state index contributed by atoms with van der Waals surface area (Å²) in [5.41, 5.74) is 3.34. The van der Waals surface area contributed by atoms with Crippen LogP contribution in [0.1, 0.15) is 5.56 Å². The van der Waals surface area contributed by atoms with Crippen LogP contribution < -0.4 is 4.74 Å². The normalized spacial score (nSPS) is 11.8. The number of hydrogen-bond donors (Lipinski definition) is 1. The molecule has 5 nitrogen and oxygen atoms in total. The van der Waals surface area contributed by atoms with Crippen molar-refractivity contribution in [2.24, 2.45) is 0 Å². The molecule has 26 heavy (non-hydrogen) atoms. The summed E-state index contributed by atoms with van der Waals surface area (Å²) in [5.74, 6) is 0.720. The minimum atomic E-state index is -3.68. The van der Waals surface area contributed by atoms with E-state index in [9.17, 15) is 8.42 Å². The molecule has 0 aliphatic rings. The minimum absolute atomic E-state index is 0.262. The molecule has 2 aromatic carbocycles. The lowest BCUT2D eigenvalue weighted by Gasteiger charge is -2.11. The number of nitrogens with one attached hydrogen (secondary N) is 1. The highest BCUT2D eigenvalue weighted by atomic mass is 32.2. The van der Waals surface area contributed by atoms with Gasteiger partial charge in [-0.05, 0) is 49.4 Å². The quantitative estimate of drug-likeness (QED) is 0.589. The van der Waals surface area contributed by atoms with Crippen LogP contribution in [0.2, 0.25) is 0 Å². The molecule has 4 rings (SSSR count). The number of aryl methyl sites for hydroxylation is 1. The zero-order valence-electron chi connectivity index (χ0n) is 14.4. The molecule has 0 radical (unpaired) electrons. The maximum atomic E-state index is 13.1. The van der Waals surface area contributed by atoms with E-state index in [1.165, 1.54) is 3.97 Å². The fourth-order valence-electron chi connectivity index (χ4n) is 3.05. The molecule has 4 aromatic rings. The highest BCUT2D eigenvalue weighted by molar-refractivity contribution is 7.90. The van der Waals surface area contributed by atoms with Crippen LogP contribution in [-0.2, 0) is 10.0 Å². The van der Waals surface area contributed by atoms with Gasteiger partial charge in [-0.25, -0.2) is 12.4 Å². The number of benzene rings is 2. The smallest absolute Gasteiger partial charge is 0.268 e. The van der Waals surface area contributed by atoms with Crippen LogP contribution >= 0.6 is 0 Å². The van der Waals surface area contributed by atoms with E-state index in [0.29, 0.717) is 5.69 Å². The van der Waals surface area contributed by atoms with E-state index in [1.54, 1.807) is 49.7 Å². The van der Waals surface area contributed by atoms with E-state index in [1.807, 2.05) is 31.3 Å². The number of aromatic nitrogens is 2. The SMILES string of the molecule is COc1ccc2[nH]cc(-c3cccn3S(=O)(=O)c3ccc(C)cc3)c2c1. The van der Waals surface area contributed by atoms with Crippen molar-refractivity contribution in [3.63, 3.8) is 0 Å². The number of rotatable bonds is 4. The van der Waals surface area contributed by atoms with E-state index in [0.717, 1.165) is 27.8 Å². The number of fused-ring (bicyclic) bond motifs is 1. The second kappa shape index (κ2) is 6.07. The monoisotopic (exact) mass is 366 g/mol. The number of H-pyrrole nitrogens is 1. The van der Waals surface area contributed by atoms with Gasteiger partial charge in [-0.1, -0.05) is 17.7 Å². The molecule has 6 heteroatoms. The summed E-state index contributed by atoms with van der Waals surface area (Å²) in [5, 5.41) is 0.906. The summed E-state index contributed by atoms with van der Waals surface area (Å²) >= 11 is 0. The van der Waals surface area contributed by atoms with Gasteiger partial charge in [-0.2, -0.15) is 0 Å². The van der Waals surface area contributed by atoms with Gasteiger partial charge >= 0.3 is 0 Å². The Balaban J connectivity index is 1.89. The summed E-state index contributed by atoms with van der Waals surface area (Å²) in [7, 11) is -2.07. The molecule has 0 fully saturated rings. The van der Waals surface area contributed by atoms with Gasteiger partial charge in [-0.15, -0.1) is 0 Å². The number of hydrogen-bond acceptors (Lipinski definition) is 3. The Morgan fingerprint density at radius 3 is 2.54 bits per heavy atom. The van der Waals surface area contributed by atoms with Gasteiger partial charge in [0.25, 0.3) is 10.0 Å². The average molecular weight is 366 g/mol. The number of aromatic amines is 1. The fraction of sp³-hybridized carbons (Fsp3) is 0.100. The van der Waals surface area contributed by atoms with Crippen molar-refractivity contribution in [2.45, 2.75) is 11.8 Å². The second-order valence-corrected chi connectivity index (χ2v) is 7.94. The lowest BCUT2D eigenvalue weighted by atomic mass is 10.1. The van der Waals surface area contributed by atoms with Crippen LogP contribution in [0, 0.1) is 6.92 Å². The number of nitrogens with zero attached hydrogens (tertiary/aromatic N) is 1. The van der Waals surface area contributed by atoms with Crippen LogP contribution in [0.3, 0.4) is 0 Å². The molecule has 0 atom stereocenters. The van der Waals surface area contributed by atoms with E-state index >= 15 is 0 Å². The van der Waals surface area contributed by atoms with Crippen LogP contribution in [-0.4, -0.2) is 24.5 Å². The molecule has 0 unspecified atom stereocenters. The molecule has 1 N–H and O–H groups in total. The average Bonchev–Trinajstić information content (AvgIpc) is 3.28. The van der Waals surface area contributed by atoms with Crippen LogP contribution in [0.15, 0.2) is 71.9 Å². The first-order chi connectivity index (χ1) is 12.5. The first kappa shape index (κ1) is 16.5. The fourth-order valence-corrected chi connectivity index (χ4v) is 4.40. The zero-order chi connectivity index (χ0) is 18.3. The Bertz CT molecular complexity index is 1190. The van der Waals surface area contributed by atoms with Crippen molar-refractivity contribution in [2.75, 3.05) is 7.11 Å². The van der Waals surface area contributed by atoms with Crippen LogP contribution in [0.5, 0.6) is 5.75 Å². The first-order valence-corrected chi connectivity index (χ1v) is 9.60. The van der Waals surface area contributed by atoms with E-state index < -0.39 is 10.0 Å². The van der Waals surface area contributed by atoms with Gasteiger partial charge in [0, 0.05) is 28.9 Å². The van der Waals surface area contributed by atoms with Gasteiger partial charge < -0.3 is 9.72 Å². The Hall–Kier alpha value is -2.99. The van der Waals surface area contributed by atoms with Gasteiger partial charge in [0.15, 0.2) is 0 Å². The van der Waals surface area contributed by atoms with E-state index in [4.69, 9.17) is 4.74 Å². The number of methoxy groups -OCH3 is 1. The van der Waals surface area contributed by atoms with Gasteiger partial charge in [0.1, 0.15) is 5.75 Å². The first-order valence-electron chi connectivity index (χ1n) is 8.16. The predicted molar refractivity (Wildman–Crippen MR) is 102 cm³/mol. The Kier molecular flexibility index (Phi) is 3.85. The lowest BCUT2D eigenvalue weighted by Crippen LogP contribution is -2.13. The molecular weight excluding hydrogens is 348 g/mol. The second-order valence-electron chi connectivity index (χ2n) is 6.12. The van der Waals surface area contributed by atoms with Crippen molar-refractivity contribution in [1.29, 1.82) is 0 Å². The predicted octanol–water partition coefficient (Wildman–Crippen LogP) is 4.19. The van der Waals surface area contributed by atoms with Gasteiger partial charge in [0.05, 0.1) is 17.7 Å². The number of ether oxygens (including phenoxy) is 1. The van der Waals surface area contributed by atoms with Crippen molar-refractivity contribution in [1.82, 2.24) is 8.96 Å². The zero-order valence-corrected chi connectivity index (χ0v) is 15.2. The van der Waals surface area contributed by atoms with Crippen molar-refractivity contribution < 1.29 is 13.2 Å². The Labute approximate surface area is 151 Å². The molecule has 0 bridgehead atoms. The molecule has 0 aliphatic heterocycles. The minimum Gasteiger partial charge on any atom is -0.497 e. The van der Waals surface area contributed by atoms with Crippen molar-refractivity contribution in [3.05, 3.63) is 72.6 Å². The third-order valence-electron chi connectivity index (χ3n) is 4.46. The topological polar surface area (TPSA) is 64.1 Å². The summed E-state index contributed by atoms with van der Waals surface area (Å²) in [4.78, 5) is 3.45. The molecule has 2 aromatic heterocycles. The summed E-state index contributed by atoms with van der Waals surface area (Å²) in [6.07, 6.45) is 3.39. The molecule has 0 spiro atoms. The third kappa shape index (κ3) is 2.59. The third-order valence-corrected chi connectivity index (χ3v) is 6.16. The highest BCUT2D eigenvalue weighted by Crippen LogP contribution is 2.33. The maximum absolute atomic E-state index is 13.1. The molecule has 0 amide bonds. The summed E-state index contributed by atoms with van der Waals surface area (Å²) < 4.78 is 32.8. The Morgan fingerprint density at radius 1 is 1.04 bits per heavy atom. The van der Waals surface area contributed by atoms with Gasteiger partial charge in [-0.3, -0.25) is 0 Å². The molecule has 0 aliphatic carbocycles. The highest BCUT2D eigenvalue weighted by Gasteiger charge is 2.21. The van der Waals surface area contributed by atoms with Crippen molar-refractivity contribution >= 4 is 20.9 Å². The summed E-state index contributed by atoms with van der Waals surface area (Å²) in [6, 6.07) is 16.1. The Morgan fingerprint density at radius 2 is 1.81 bits per heavy atom. The van der Waals surface area contributed by atoms with Crippen molar-refractivity contribution in [3.8, 4) is 17.0 Å². The summed E-state index contributed by atoms with van der Waals surface area (Å²) in [6.45, 7) is 1.93. The molecule has 0 saturated heterocycles. The molecule has 132 valence electrons. The lowest BCUT2D eigenvalue weighted by molar-refractivity contribution is 0.415. The van der Waals surface area contributed by atoms with E-state index in [-0.39, 0.29) is 4.90 Å². The molecule has 0 saturated carbocycles. The standard InChI is InChI=1S/C20H18N2O3S/c1-14-5-8-16(9-6-14)26(23,24)22-11-3-4-20(22)18-13-21-19-10-7-15(25-2)12-17(18)19/h3-13,21H,1-2H3. The maximum Gasteiger partial charge on any atom is 0.268 e. The van der Waals surface area contributed by atoms with Crippen LogP contribution in [0.25, 0.3) is 22.2 Å². The molecular formula is C20H18N2O3S. The largest absolute Gasteiger partial charge is 0.497 e. The molecule has 2 heterocycles. The van der Waals surface area contributed by atoms with Gasteiger partial charge in [0.2, 0.25) is 0 Å². The van der Waals surface area contributed by atoms with Crippen LogP contribution in [0.4, 0.5) is 0 Å².